The molecule has 1 saturated heterocycles. The molecule has 5 nitrogen and oxygen atoms in total. The van der Waals surface area contributed by atoms with Gasteiger partial charge in [0.15, 0.2) is 0 Å². The summed E-state index contributed by atoms with van der Waals surface area (Å²) in [7, 11) is 0. The monoisotopic (exact) mass is 355 g/mol. The number of carbonyl (C=O) groups excluding carboxylic acids is 1. The van der Waals surface area contributed by atoms with E-state index >= 15 is 0 Å². The number of nitrogens with zero attached hydrogens (tertiary/aromatic N) is 2. The number of amides is 1. The molecule has 140 valence electrons. The highest BCUT2D eigenvalue weighted by Crippen LogP contribution is 2.28. The molecule has 0 aromatic heterocycles. The SMILES string of the molecule is Cc1cccc(C(C)C)c1NC(=O)/C(C#N)=C\N1CCCCC1CCO. The molecule has 1 fully saturated rings. The lowest BCUT2D eigenvalue weighted by Gasteiger charge is -2.34. The van der Waals surface area contributed by atoms with Gasteiger partial charge < -0.3 is 15.3 Å². The number of rotatable bonds is 6. The molecule has 2 rings (SSSR count). The van der Waals surface area contributed by atoms with Crippen molar-refractivity contribution in [2.24, 2.45) is 0 Å². The van der Waals surface area contributed by atoms with Crippen LogP contribution >= 0.6 is 0 Å². The van der Waals surface area contributed by atoms with Gasteiger partial charge in [-0.3, -0.25) is 4.79 Å². The number of hydrogen-bond donors (Lipinski definition) is 2. The quantitative estimate of drug-likeness (QED) is 0.602. The molecule has 26 heavy (non-hydrogen) atoms. The average Bonchev–Trinajstić information content (AvgIpc) is 2.62. The number of aliphatic hydroxyl groups is 1. The fourth-order valence-corrected chi connectivity index (χ4v) is 3.48. The van der Waals surface area contributed by atoms with E-state index in [1.165, 1.54) is 0 Å². The second-order valence-electron chi connectivity index (χ2n) is 7.20. The third kappa shape index (κ3) is 4.86. The summed E-state index contributed by atoms with van der Waals surface area (Å²) in [6.45, 7) is 7.05. The minimum Gasteiger partial charge on any atom is -0.396 e. The zero-order valence-corrected chi connectivity index (χ0v) is 16.0. The van der Waals surface area contributed by atoms with Gasteiger partial charge in [-0.2, -0.15) is 5.26 Å². The third-order valence-electron chi connectivity index (χ3n) is 4.96. The van der Waals surface area contributed by atoms with Crippen molar-refractivity contribution in [3.8, 4) is 6.07 Å². The highest BCUT2D eigenvalue weighted by molar-refractivity contribution is 6.07. The maximum absolute atomic E-state index is 12.7. The molecule has 0 radical (unpaired) electrons. The van der Waals surface area contributed by atoms with E-state index in [4.69, 9.17) is 0 Å². The number of anilines is 1. The van der Waals surface area contributed by atoms with E-state index in [0.29, 0.717) is 6.42 Å². The van der Waals surface area contributed by atoms with Crippen LogP contribution in [0.5, 0.6) is 0 Å². The van der Waals surface area contributed by atoms with E-state index in [1.807, 2.05) is 36.1 Å². The molecular formula is C21H29N3O2. The fourth-order valence-electron chi connectivity index (χ4n) is 3.48. The first kappa shape index (κ1) is 20.0. The van der Waals surface area contributed by atoms with Crippen molar-refractivity contribution in [1.82, 2.24) is 4.90 Å². The lowest BCUT2D eigenvalue weighted by atomic mass is 9.98. The number of hydrogen-bond acceptors (Lipinski definition) is 4. The lowest BCUT2D eigenvalue weighted by molar-refractivity contribution is -0.112. The van der Waals surface area contributed by atoms with Crippen LogP contribution in [0, 0.1) is 18.3 Å². The molecule has 5 heteroatoms. The maximum atomic E-state index is 12.7. The number of nitriles is 1. The van der Waals surface area contributed by atoms with Crippen molar-refractivity contribution in [2.75, 3.05) is 18.5 Å². The zero-order valence-electron chi connectivity index (χ0n) is 16.0. The molecule has 1 unspecified atom stereocenters. The molecule has 1 aliphatic heterocycles. The normalized spacial score (nSPS) is 17.9. The Balaban J connectivity index is 2.23. The van der Waals surface area contributed by atoms with Gasteiger partial charge in [-0.1, -0.05) is 32.0 Å². The molecule has 0 aliphatic carbocycles. The molecule has 1 aliphatic rings. The molecule has 1 aromatic carbocycles. The lowest BCUT2D eigenvalue weighted by Crippen LogP contribution is -2.37. The van der Waals surface area contributed by atoms with Crippen LogP contribution in [0.25, 0.3) is 0 Å². The second kappa shape index (κ2) is 9.40. The summed E-state index contributed by atoms with van der Waals surface area (Å²) in [5.41, 5.74) is 2.94. The first-order valence-corrected chi connectivity index (χ1v) is 9.37. The van der Waals surface area contributed by atoms with Gasteiger partial charge in [0.05, 0.1) is 0 Å². The van der Waals surface area contributed by atoms with E-state index in [9.17, 15) is 15.2 Å². The largest absolute Gasteiger partial charge is 0.396 e. The van der Waals surface area contributed by atoms with E-state index < -0.39 is 0 Å². The van der Waals surface area contributed by atoms with Gasteiger partial charge in [-0.25, -0.2) is 0 Å². The van der Waals surface area contributed by atoms with Crippen LogP contribution in [0.15, 0.2) is 30.0 Å². The Bertz CT molecular complexity index is 702. The molecule has 1 atom stereocenters. The van der Waals surface area contributed by atoms with Gasteiger partial charge in [-0.15, -0.1) is 0 Å². The molecule has 1 aromatic rings. The summed E-state index contributed by atoms with van der Waals surface area (Å²) in [6, 6.07) is 8.18. The van der Waals surface area contributed by atoms with Gasteiger partial charge in [0, 0.05) is 31.1 Å². The topological polar surface area (TPSA) is 76.4 Å². The standard InChI is InChI=1S/C21H29N3O2/c1-15(2)19-9-6-7-16(3)20(19)23-21(26)17(13-22)14-24-11-5-4-8-18(24)10-12-25/h6-7,9,14-15,18,25H,4-5,8,10-12H2,1-3H3,(H,23,26)/b17-14-. The summed E-state index contributed by atoms with van der Waals surface area (Å²) in [5, 5.41) is 21.7. The Labute approximate surface area is 156 Å². The predicted molar refractivity (Wildman–Crippen MR) is 104 cm³/mol. The van der Waals surface area contributed by atoms with Gasteiger partial charge >= 0.3 is 0 Å². The smallest absolute Gasteiger partial charge is 0.267 e. The van der Waals surface area contributed by atoms with E-state index in [1.54, 1.807) is 6.20 Å². The first-order chi connectivity index (χ1) is 12.5. The van der Waals surface area contributed by atoms with Crippen molar-refractivity contribution in [3.05, 3.63) is 41.1 Å². The summed E-state index contributed by atoms with van der Waals surface area (Å²) in [5.74, 6) is -0.104. The molecular weight excluding hydrogens is 326 g/mol. The van der Waals surface area contributed by atoms with Crippen LogP contribution in [-0.2, 0) is 4.79 Å². The minimum absolute atomic E-state index is 0.104. The average molecular weight is 355 g/mol. The van der Waals surface area contributed by atoms with Crippen LogP contribution in [-0.4, -0.2) is 35.1 Å². The number of aryl methyl sites for hydroxylation is 1. The van der Waals surface area contributed by atoms with E-state index in [2.05, 4.69) is 19.2 Å². The first-order valence-electron chi connectivity index (χ1n) is 9.37. The number of benzene rings is 1. The molecule has 0 spiro atoms. The molecule has 2 N–H and O–H groups in total. The minimum atomic E-state index is -0.378. The third-order valence-corrected chi connectivity index (χ3v) is 4.96. The highest BCUT2D eigenvalue weighted by atomic mass is 16.3. The van der Waals surface area contributed by atoms with E-state index in [-0.39, 0.29) is 30.0 Å². The summed E-state index contributed by atoms with van der Waals surface area (Å²) in [6.07, 6.45) is 5.46. The van der Waals surface area contributed by atoms with Crippen LogP contribution in [0.3, 0.4) is 0 Å². The number of para-hydroxylation sites is 1. The summed E-state index contributed by atoms with van der Waals surface area (Å²) in [4.78, 5) is 14.8. The maximum Gasteiger partial charge on any atom is 0.267 e. The molecule has 0 bridgehead atoms. The Morgan fingerprint density at radius 3 is 2.88 bits per heavy atom. The van der Waals surface area contributed by atoms with Crippen LogP contribution in [0.1, 0.15) is 56.6 Å². The molecule has 1 heterocycles. The molecule has 0 saturated carbocycles. The summed E-state index contributed by atoms with van der Waals surface area (Å²) >= 11 is 0. The zero-order chi connectivity index (χ0) is 19.1. The van der Waals surface area contributed by atoms with Crippen LogP contribution < -0.4 is 5.32 Å². The van der Waals surface area contributed by atoms with Crippen molar-refractivity contribution < 1.29 is 9.90 Å². The van der Waals surface area contributed by atoms with Crippen LogP contribution in [0.2, 0.25) is 0 Å². The second-order valence-corrected chi connectivity index (χ2v) is 7.20. The van der Waals surface area contributed by atoms with Crippen molar-refractivity contribution in [1.29, 1.82) is 5.26 Å². The number of piperidine rings is 1. The highest BCUT2D eigenvalue weighted by Gasteiger charge is 2.22. The van der Waals surface area contributed by atoms with E-state index in [0.717, 1.165) is 42.6 Å². The number of nitrogens with one attached hydrogen (secondary N) is 1. The van der Waals surface area contributed by atoms with Gasteiger partial charge in [-0.05, 0) is 49.7 Å². The number of aliphatic hydroxyl groups excluding tert-OH is 1. The Morgan fingerprint density at radius 2 is 2.23 bits per heavy atom. The van der Waals surface area contributed by atoms with Crippen molar-refractivity contribution in [2.45, 2.75) is 58.4 Å². The van der Waals surface area contributed by atoms with Gasteiger partial charge in [0.25, 0.3) is 5.91 Å². The van der Waals surface area contributed by atoms with Gasteiger partial charge in [0.1, 0.15) is 11.6 Å². The fraction of sp³-hybridized carbons (Fsp3) is 0.524. The Morgan fingerprint density at radius 1 is 1.46 bits per heavy atom. The Hall–Kier alpha value is -2.32. The van der Waals surface area contributed by atoms with Crippen molar-refractivity contribution >= 4 is 11.6 Å². The number of carbonyl (C=O) groups is 1. The predicted octanol–water partition coefficient (Wildman–Crippen LogP) is 3.70. The van der Waals surface area contributed by atoms with Crippen molar-refractivity contribution in [3.63, 3.8) is 0 Å². The number of likely N-dealkylation sites (tertiary alicyclic amines) is 1. The van der Waals surface area contributed by atoms with Crippen LogP contribution in [0.4, 0.5) is 5.69 Å². The molecule has 1 amide bonds. The van der Waals surface area contributed by atoms with Gasteiger partial charge in [0.2, 0.25) is 0 Å². The Kier molecular flexibility index (Phi) is 7.23. The summed E-state index contributed by atoms with van der Waals surface area (Å²) < 4.78 is 0.